The summed E-state index contributed by atoms with van der Waals surface area (Å²) in [4.78, 5) is 45.3. The summed E-state index contributed by atoms with van der Waals surface area (Å²) in [5.74, 6) is -0.402. The molecule has 2 heterocycles. The topological polar surface area (TPSA) is 169 Å². The summed E-state index contributed by atoms with van der Waals surface area (Å²) in [6.45, 7) is -0.259. The highest BCUT2D eigenvalue weighted by Crippen LogP contribution is 2.41. The van der Waals surface area contributed by atoms with Crippen LogP contribution in [0.25, 0.3) is 27.7 Å². The van der Waals surface area contributed by atoms with Crippen molar-refractivity contribution in [2.24, 2.45) is 0 Å². The summed E-state index contributed by atoms with van der Waals surface area (Å²) in [7, 11) is 0. The van der Waals surface area contributed by atoms with E-state index >= 15 is 0 Å². The van der Waals surface area contributed by atoms with Gasteiger partial charge in [0.25, 0.3) is 17.1 Å². The molecule has 0 bridgehead atoms. The van der Waals surface area contributed by atoms with Crippen LogP contribution < -0.4 is 0 Å². The molecule has 13 nitrogen and oxygen atoms in total. The van der Waals surface area contributed by atoms with Crippen molar-refractivity contribution in [1.82, 2.24) is 14.2 Å². The van der Waals surface area contributed by atoms with E-state index in [1.807, 2.05) is 0 Å². The van der Waals surface area contributed by atoms with E-state index in [9.17, 15) is 35.1 Å². The van der Waals surface area contributed by atoms with Gasteiger partial charge in [-0.05, 0) is 12.1 Å². The monoisotopic (exact) mass is 486 g/mol. The van der Waals surface area contributed by atoms with Gasteiger partial charge in [-0.1, -0.05) is 30.3 Å². The van der Waals surface area contributed by atoms with Gasteiger partial charge in [0.1, 0.15) is 12.0 Å². The standard InChI is InChI=1S/C23H14N6O7/c30-20(14-6-8-16(9-7-14)27(31)32)12-25-13-24-26-22(15-4-2-1-3-5-15)21-18(23(25)26)10-17(28(33)34)11-19(21)29(35)36/h1-11,13H,12H2. The van der Waals surface area contributed by atoms with Crippen molar-refractivity contribution < 1.29 is 19.6 Å². The molecule has 0 aliphatic carbocycles. The molecule has 2 aromatic heterocycles. The molecule has 0 radical (unpaired) electrons. The zero-order chi connectivity index (χ0) is 25.6. The quantitative estimate of drug-likeness (QED) is 0.183. The largest absolute Gasteiger partial charge is 0.307 e. The highest BCUT2D eigenvalue weighted by atomic mass is 16.6. The highest BCUT2D eigenvalue weighted by Gasteiger charge is 2.29. The van der Waals surface area contributed by atoms with Gasteiger partial charge in [0.15, 0.2) is 5.78 Å². The van der Waals surface area contributed by atoms with Crippen LogP contribution in [0, 0.1) is 30.3 Å². The van der Waals surface area contributed by atoms with Crippen LogP contribution in [0.1, 0.15) is 10.4 Å². The number of carbonyl (C=O) groups excluding carboxylic acids is 1. The van der Waals surface area contributed by atoms with Crippen molar-refractivity contribution >= 4 is 39.3 Å². The van der Waals surface area contributed by atoms with Crippen LogP contribution >= 0.6 is 0 Å². The molecule has 0 amide bonds. The minimum Gasteiger partial charge on any atom is -0.307 e. The van der Waals surface area contributed by atoms with Gasteiger partial charge in [0.05, 0.1) is 38.5 Å². The van der Waals surface area contributed by atoms with Crippen LogP contribution in [0.4, 0.5) is 17.1 Å². The maximum Gasteiger partial charge on any atom is 0.286 e. The van der Waals surface area contributed by atoms with Crippen molar-refractivity contribution in [3.05, 3.63) is 109 Å². The molecule has 0 fully saturated rings. The van der Waals surface area contributed by atoms with Gasteiger partial charge in [-0.15, -0.1) is 0 Å². The Morgan fingerprint density at radius 2 is 1.50 bits per heavy atom. The average molecular weight is 486 g/mol. The summed E-state index contributed by atoms with van der Waals surface area (Å²) in [5, 5.41) is 39.0. The molecule has 0 saturated heterocycles. The maximum atomic E-state index is 13.0. The molecule has 0 spiro atoms. The van der Waals surface area contributed by atoms with Gasteiger partial charge in [0, 0.05) is 34.7 Å². The number of Topliss-reactive ketones (excluding diaryl/α,β-unsaturated/α-hetero) is 1. The third kappa shape index (κ3) is 3.60. The molecule has 36 heavy (non-hydrogen) atoms. The number of hydrogen-bond donors (Lipinski definition) is 0. The molecule has 0 aliphatic rings. The van der Waals surface area contributed by atoms with Crippen LogP contribution in [-0.4, -0.2) is 34.7 Å². The Morgan fingerprint density at radius 3 is 2.11 bits per heavy atom. The third-order valence-electron chi connectivity index (χ3n) is 5.74. The SMILES string of the molecule is O=C(Cn1cnn2c(-c3ccccc3)c3c([N+](=O)[O-])cc([N+](=O)[O-])cc3c12)c1ccc([N+](=O)[O-])cc1. The fourth-order valence-corrected chi connectivity index (χ4v) is 4.16. The lowest BCUT2D eigenvalue weighted by Gasteiger charge is -2.04. The number of nitro benzene ring substituents is 3. The average Bonchev–Trinajstić information content (AvgIpc) is 3.42. The number of nitro groups is 3. The lowest BCUT2D eigenvalue weighted by molar-refractivity contribution is -0.393. The number of rotatable bonds is 7. The molecule has 13 heteroatoms. The Balaban J connectivity index is 1.74. The van der Waals surface area contributed by atoms with Crippen LogP contribution in [0.15, 0.2) is 73.1 Å². The Bertz CT molecular complexity index is 1700. The van der Waals surface area contributed by atoms with E-state index in [0.29, 0.717) is 11.3 Å². The van der Waals surface area contributed by atoms with E-state index < -0.39 is 31.9 Å². The number of ketones is 1. The first-order chi connectivity index (χ1) is 17.3. The molecular formula is C23H14N6O7. The summed E-state index contributed by atoms with van der Waals surface area (Å²) in [6.07, 6.45) is 1.36. The number of hydrogen-bond acceptors (Lipinski definition) is 8. The minimum atomic E-state index is -0.721. The third-order valence-corrected chi connectivity index (χ3v) is 5.74. The lowest BCUT2D eigenvalue weighted by atomic mass is 10.0. The fourth-order valence-electron chi connectivity index (χ4n) is 4.16. The predicted molar refractivity (Wildman–Crippen MR) is 127 cm³/mol. The molecule has 0 saturated carbocycles. The Morgan fingerprint density at radius 1 is 0.833 bits per heavy atom. The van der Waals surface area contributed by atoms with Crippen LogP contribution in [0.5, 0.6) is 0 Å². The maximum absolute atomic E-state index is 13.0. The van der Waals surface area contributed by atoms with Gasteiger partial charge < -0.3 is 4.57 Å². The van der Waals surface area contributed by atoms with E-state index in [-0.39, 0.29) is 34.2 Å². The van der Waals surface area contributed by atoms with Gasteiger partial charge in [-0.3, -0.25) is 35.1 Å². The van der Waals surface area contributed by atoms with Gasteiger partial charge in [0.2, 0.25) is 0 Å². The van der Waals surface area contributed by atoms with E-state index in [4.69, 9.17) is 0 Å². The summed E-state index contributed by atoms with van der Waals surface area (Å²) in [6, 6.07) is 15.9. The zero-order valence-corrected chi connectivity index (χ0v) is 18.2. The van der Waals surface area contributed by atoms with E-state index in [0.717, 1.165) is 6.07 Å². The van der Waals surface area contributed by atoms with Crippen molar-refractivity contribution in [2.75, 3.05) is 0 Å². The summed E-state index contributed by atoms with van der Waals surface area (Å²) in [5.41, 5.74) is 0.304. The van der Waals surface area contributed by atoms with Gasteiger partial charge >= 0.3 is 0 Å². The first-order valence-corrected chi connectivity index (χ1v) is 10.4. The molecule has 5 rings (SSSR count). The Labute approximate surface area is 200 Å². The number of carbonyl (C=O) groups is 1. The Hall–Kier alpha value is -5.46. The number of benzene rings is 3. The number of non-ortho nitro benzene ring substituents is 3. The molecule has 0 atom stereocenters. The molecule has 3 aromatic carbocycles. The van der Waals surface area contributed by atoms with Crippen LogP contribution in [0.2, 0.25) is 0 Å². The van der Waals surface area contributed by atoms with E-state index in [1.54, 1.807) is 30.3 Å². The Kier molecular flexibility index (Phi) is 5.21. The number of fused-ring (bicyclic) bond motifs is 3. The second kappa shape index (κ2) is 8.39. The van der Waals surface area contributed by atoms with E-state index in [2.05, 4.69) is 5.10 Å². The molecule has 0 aliphatic heterocycles. The van der Waals surface area contributed by atoms with Gasteiger partial charge in [-0.2, -0.15) is 5.10 Å². The summed E-state index contributed by atoms with van der Waals surface area (Å²) >= 11 is 0. The van der Waals surface area contributed by atoms with Crippen LogP contribution in [-0.2, 0) is 6.54 Å². The van der Waals surface area contributed by atoms with Crippen LogP contribution in [0.3, 0.4) is 0 Å². The number of nitrogens with zero attached hydrogens (tertiary/aromatic N) is 6. The first kappa shape index (κ1) is 22.3. The zero-order valence-electron chi connectivity index (χ0n) is 18.2. The molecular weight excluding hydrogens is 472 g/mol. The van der Waals surface area contributed by atoms with E-state index in [1.165, 1.54) is 45.7 Å². The molecule has 5 aromatic rings. The second-order valence-electron chi connectivity index (χ2n) is 7.84. The van der Waals surface area contributed by atoms with Crippen molar-refractivity contribution in [1.29, 1.82) is 0 Å². The molecule has 0 unspecified atom stereocenters. The molecule has 178 valence electrons. The summed E-state index contributed by atoms with van der Waals surface area (Å²) < 4.78 is 2.85. The smallest absolute Gasteiger partial charge is 0.286 e. The lowest BCUT2D eigenvalue weighted by Crippen LogP contribution is -2.10. The second-order valence-corrected chi connectivity index (χ2v) is 7.84. The molecule has 0 N–H and O–H groups in total. The number of aromatic nitrogens is 3. The predicted octanol–water partition coefficient (Wildman–Crippen LogP) is 4.56. The van der Waals surface area contributed by atoms with Crippen molar-refractivity contribution in [3.63, 3.8) is 0 Å². The van der Waals surface area contributed by atoms with Crippen molar-refractivity contribution in [2.45, 2.75) is 6.54 Å². The first-order valence-electron chi connectivity index (χ1n) is 10.4. The highest BCUT2D eigenvalue weighted by molar-refractivity contribution is 6.11. The van der Waals surface area contributed by atoms with Crippen molar-refractivity contribution in [3.8, 4) is 11.3 Å². The normalized spacial score (nSPS) is 11.1. The van der Waals surface area contributed by atoms with Gasteiger partial charge in [-0.25, -0.2) is 4.52 Å². The minimum absolute atomic E-state index is 0.149. The fraction of sp³-hybridized carbons (Fsp3) is 0.0435.